The molecule has 2 aromatic rings. The number of aliphatic hydroxyl groups excluding tert-OH is 1. The summed E-state index contributed by atoms with van der Waals surface area (Å²) >= 11 is 0. The van der Waals surface area contributed by atoms with E-state index in [4.69, 9.17) is 9.63 Å². The van der Waals surface area contributed by atoms with Gasteiger partial charge in [-0.15, -0.1) is 0 Å². The highest BCUT2D eigenvalue weighted by atomic mass is 19.1. The maximum Gasteiger partial charge on any atom is 0.163 e. The van der Waals surface area contributed by atoms with Crippen molar-refractivity contribution in [2.45, 2.75) is 0 Å². The van der Waals surface area contributed by atoms with Crippen LogP contribution in [0, 0.1) is 0 Å². The molecule has 0 radical (unpaired) electrons. The molecule has 0 amide bonds. The molecular formula is C11H9FN2O2. The lowest BCUT2D eigenvalue weighted by Crippen LogP contribution is -1.80. The molecule has 82 valence electrons. The van der Waals surface area contributed by atoms with Crippen LogP contribution in [0.5, 0.6) is 0 Å². The number of nitrogens with zero attached hydrogens (tertiary/aromatic N) is 2. The summed E-state index contributed by atoms with van der Waals surface area (Å²) in [7, 11) is 0. The first-order chi connectivity index (χ1) is 7.79. The Morgan fingerprint density at radius 2 is 2.31 bits per heavy atom. The zero-order valence-corrected chi connectivity index (χ0v) is 8.30. The Morgan fingerprint density at radius 3 is 3.00 bits per heavy atom. The van der Waals surface area contributed by atoms with E-state index < -0.39 is 12.4 Å². The molecule has 0 spiro atoms. The molecular weight excluding hydrogens is 211 g/mol. The van der Waals surface area contributed by atoms with Crippen molar-refractivity contribution in [2.75, 3.05) is 6.61 Å². The highest BCUT2D eigenvalue weighted by Gasteiger charge is 2.06. The topological polar surface area (TPSA) is 59.2 Å². The number of hydrogen-bond donors (Lipinski definition) is 1. The van der Waals surface area contributed by atoms with E-state index in [0.717, 1.165) is 6.08 Å². The number of rotatable bonds is 3. The fourth-order valence-electron chi connectivity index (χ4n) is 1.19. The van der Waals surface area contributed by atoms with Gasteiger partial charge in [0, 0.05) is 18.3 Å². The molecule has 0 aromatic carbocycles. The van der Waals surface area contributed by atoms with Gasteiger partial charge in [-0.25, -0.2) is 4.39 Å². The number of halogens is 1. The van der Waals surface area contributed by atoms with Gasteiger partial charge >= 0.3 is 0 Å². The fourth-order valence-corrected chi connectivity index (χ4v) is 1.19. The molecule has 16 heavy (non-hydrogen) atoms. The number of aliphatic hydroxyl groups is 1. The zero-order chi connectivity index (χ0) is 11.4. The molecule has 0 aliphatic heterocycles. The SMILES string of the molecule is OC/C(F)=C/c1cc(-c2ccccn2)no1. The summed E-state index contributed by atoms with van der Waals surface area (Å²) in [6.07, 6.45) is 2.72. The van der Waals surface area contributed by atoms with Gasteiger partial charge in [-0.2, -0.15) is 0 Å². The molecule has 2 aromatic heterocycles. The summed E-state index contributed by atoms with van der Waals surface area (Å²) in [5.41, 5.74) is 1.17. The lowest BCUT2D eigenvalue weighted by molar-refractivity contribution is 0.299. The van der Waals surface area contributed by atoms with Gasteiger partial charge < -0.3 is 9.63 Å². The normalized spacial score (nSPS) is 11.8. The van der Waals surface area contributed by atoms with Crippen LogP contribution >= 0.6 is 0 Å². The highest BCUT2D eigenvalue weighted by Crippen LogP contribution is 2.17. The maximum absolute atomic E-state index is 12.7. The molecule has 0 aliphatic rings. The summed E-state index contributed by atoms with van der Waals surface area (Å²) in [6, 6.07) is 6.93. The third-order valence-electron chi connectivity index (χ3n) is 1.91. The quantitative estimate of drug-likeness (QED) is 0.859. The predicted molar refractivity (Wildman–Crippen MR) is 55.9 cm³/mol. The van der Waals surface area contributed by atoms with E-state index in [-0.39, 0.29) is 5.76 Å². The molecule has 0 unspecified atom stereocenters. The third-order valence-corrected chi connectivity index (χ3v) is 1.91. The Hall–Kier alpha value is -2.01. The Morgan fingerprint density at radius 1 is 1.44 bits per heavy atom. The molecule has 0 bridgehead atoms. The first-order valence-electron chi connectivity index (χ1n) is 4.64. The Kier molecular flexibility index (Phi) is 3.07. The molecule has 0 aliphatic carbocycles. The third kappa shape index (κ3) is 2.32. The van der Waals surface area contributed by atoms with Gasteiger partial charge in [-0.1, -0.05) is 11.2 Å². The lowest BCUT2D eigenvalue weighted by Gasteiger charge is -1.90. The van der Waals surface area contributed by atoms with Crippen molar-refractivity contribution in [1.82, 2.24) is 10.1 Å². The lowest BCUT2D eigenvalue weighted by atomic mass is 10.2. The van der Waals surface area contributed by atoms with Crippen molar-refractivity contribution in [3.8, 4) is 11.4 Å². The smallest absolute Gasteiger partial charge is 0.163 e. The van der Waals surface area contributed by atoms with Gasteiger partial charge in [-0.05, 0) is 12.1 Å². The van der Waals surface area contributed by atoms with Crippen molar-refractivity contribution >= 4 is 6.08 Å². The molecule has 0 atom stereocenters. The van der Waals surface area contributed by atoms with Gasteiger partial charge in [0.15, 0.2) is 5.76 Å². The molecule has 0 saturated heterocycles. The maximum atomic E-state index is 12.7. The molecule has 2 heterocycles. The average molecular weight is 220 g/mol. The minimum atomic E-state index is -0.677. The molecule has 5 heteroatoms. The number of aromatic nitrogens is 2. The van der Waals surface area contributed by atoms with E-state index in [1.54, 1.807) is 24.4 Å². The fraction of sp³-hybridized carbons (Fsp3) is 0.0909. The summed E-state index contributed by atoms with van der Waals surface area (Å²) in [5.74, 6) is -0.434. The van der Waals surface area contributed by atoms with Gasteiger partial charge in [0.1, 0.15) is 11.5 Å². The van der Waals surface area contributed by atoms with Crippen molar-refractivity contribution in [1.29, 1.82) is 0 Å². The predicted octanol–water partition coefficient (Wildman–Crippen LogP) is 2.04. The number of pyridine rings is 1. The first-order valence-corrected chi connectivity index (χ1v) is 4.64. The van der Waals surface area contributed by atoms with Crippen LogP contribution in [-0.4, -0.2) is 21.9 Å². The van der Waals surface area contributed by atoms with Crippen molar-refractivity contribution in [2.24, 2.45) is 0 Å². The van der Waals surface area contributed by atoms with Crippen LogP contribution in [0.2, 0.25) is 0 Å². The van der Waals surface area contributed by atoms with Crippen LogP contribution < -0.4 is 0 Å². The van der Waals surface area contributed by atoms with Crippen LogP contribution in [0.25, 0.3) is 17.5 Å². The van der Waals surface area contributed by atoms with Crippen LogP contribution in [0.4, 0.5) is 4.39 Å². The second-order valence-electron chi connectivity index (χ2n) is 3.08. The Labute approximate surface area is 91.0 Å². The van der Waals surface area contributed by atoms with Crippen molar-refractivity contribution < 1.29 is 14.0 Å². The van der Waals surface area contributed by atoms with Gasteiger partial charge in [0.25, 0.3) is 0 Å². The van der Waals surface area contributed by atoms with E-state index in [1.807, 2.05) is 6.07 Å². The monoisotopic (exact) mass is 220 g/mol. The van der Waals surface area contributed by atoms with E-state index in [0.29, 0.717) is 11.4 Å². The van der Waals surface area contributed by atoms with E-state index in [9.17, 15) is 4.39 Å². The second kappa shape index (κ2) is 4.67. The Bertz CT molecular complexity index is 494. The highest BCUT2D eigenvalue weighted by molar-refractivity contribution is 5.58. The summed E-state index contributed by atoms with van der Waals surface area (Å²) in [4.78, 5) is 4.08. The molecule has 2 rings (SSSR count). The van der Waals surface area contributed by atoms with Crippen LogP contribution in [0.1, 0.15) is 5.76 Å². The van der Waals surface area contributed by atoms with E-state index in [2.05, 4.69) is 10.1 Å². The molecule has 4 nitrogen and oxygen atoms in total. The van der Waals surface area contributed by atoms with Gasteiger partial charge in [0.2, 0.25) is 0 Å². The summed E-state index contributed by atoms with van der Waals surface area (Å²) < 4.78 is 17.6. The zero-order valence-electron chi connectivity index (χ0n) is 8.30. The molecule has 0 saturated carbocycles. The Balaban J connectivity index is 2.27. The van der Waals surface area contributed by atoms with Crippen molar-refractivity contribution in [3.05, 3.63) is 42.0 Å². The van der Waals surface area contributed by atoms with Crippen LogP contribution in [0.15, 0.2) is 40.8 Å². The minimum absolute atomic E-state index is 0.243. The van der Waals surface area contributed by atoms with Gasteiger partial charge in [0.05, 0.1) is 12.3 Å². The summed E-state index contributed by atoms with van der Waals surface area (Å²) in [5, 5.41) is 12.2. The summed E-state index contributed by atoms with van der Waals surface area (Å²) in [6.45, 7) is -0.653. The molecule has 0 fully saturated rings. The average Bonchev–Trinajstić information content (AvgIpc) is 2.78. The van der Waals surface area contributed by atoms with Crippen LogP contribution in [-0.2, 0) is 0 Å². The van der Waals surface area contributed by atoms with Gasteiger partial charge in [-0.3, -0.25) is 4.98 Å². The first kappa shape index (κ1) is 10.5. The van der Waals surface area contributed by atoms with Crippen molar-refractivity contribution in [3.63, 3.8) is 0 Å². The van der Waals surface area contributed by atoms with E-state index in [1.165, 1.54) is 0 Å². The standard InChI is InChI=1S/C11H9FN2O2/c12-8(7-15)5-9-6-11(14-16-9)10-3-1-2-4-13-10/h1-6,15H,7H2/b8-5-. The van der Waals surface area contributed by atoms with Crippen LogP contribution in [0.3, 0.4) is 0 Å². The number of hydrogen-bond acceptors (Lipinski definition) is 4. The second-order valence-corrected chi connectivity index (χ2v) is 3.08. The molecule has 1 N–H and O–H groups in total. The minimum Gasteiger partial charge on any atom is -0.389 e. The van der Waals surface area contributed by atoms with E-state index >= 15 is 0 Å². The largest absolute Gasteiger partial charge is 0.389 e.